The first-order valence-corrected chi connectivity index (χ1v) is 3.79. The number of aromatic hydroxyl groups is 1. The summed E-state index contributed by atoms with van der Waals surface area (Å²) in [6, 6.07) is 6.79. The van der Waals surface area contributed by atoms with Gasteiger partial charge in [-0.05, 0) is 17.7 Å². The molecule has 1 aromatic carbocycles. The van der Waals surface area contributed by atoms with Gasteiger partial charge in [0, 0.05) is 0 Å². The summed E-state index contributed by atoms with van der Waals surface area (Å²) in [5.41, 5.74) is 0.987. The van der Waals surface area contributed by atoms with Gasteiger partial charge in [0.1, 0.15) is 5.75 Å². The van der Waals surface area contributed by atoms with Crippen LogP contribution in [-0.2, 0) is 11.3 Å². The third kappa shape index (κ3) is 2.90. The molecule has 0 bridgehead atoms. The van der Waals surface area contributed by atoms with Crippen LogP contribution in [0.5, 0.6) is 5.75 Å². The van der Waals surface area contributed by atoms with Gasteiger partial charge in [0.2, 0.25) is 0 Å². The number of aliphatic hydroxyl groups excluding tert-OH is 1. The Morgan fingerprint density at radius 2 is 1.83 bits per heavy atom. The van der Waals surface area contributed by atoms with Crippen LogP contribution in [-0.4, -0.2) is 23.4 Å². The second-order valence-electron chi connectivity index (χ2n) is 2.44. The van der Waals surface area contributed by atoms with Crippen molar-refractivity contribution < 1.29 is 14.9 Å². The van der Waals surface area contributed by atoms with Gasteiger partial charge in [0.05, 0.1) is 19.8 Å². The minimum Gasteiger partial charge on any atom is -0.508 e. The van der Waals surface area contributed by atoms with E-state index in [2.05, 4.69) is 0 Å². The van der Waals surface area contributed by atoms with Gasteiger partial charge in [0.15, 0.2) is 0 Å². The molecule has 0 aliphatic carbocycles. The van der Waals surface area contributed by atoms with Gasteiger partial charge in [-0.25, -0.2) is 0 Å². The molecule has 3 heteroatoms. The van der Waals surface area contributed by atoms with E-state index in [1.54, 1.807) is 24.3 Å². The van der Waals surface area contributed by atoms with Crippen LogP contribution in [0.2, 0.25) is 0 Å². The van der Waals surface area contributed by atoms with E-state index in [1.165, 1.54) is 0 Å². The van der Waals surface area contributed by atoms with Crippen molar-refractivity contribution in [2.45, 2.75) is 6.61 Å². The fourth-order valence-electron chi connectivity index (χ4n) is 0.847. The van der Waals surface area contributed by atoms with Gasteiger partial charge >= 0.3 is 0 Å². The highest BCUT2D eigenvalue weighted by Crippen LogP contribution is 2.09. The highest BCUT2D eigenvalue weighted by Gasteiger charge is 1.92. The number of hydrogen-bond acceptors (Lipinski definition) is 3. The number of aliphatic hydroxyl groups is 1. The molecule has 0 spiro atoms. The largest absolute Gasteiger partial charge is 0.508 e. The predicted octanol–water partition coefficient (Wildman–Crippen LogP) is 0.901. The minimum absolute atomic E-state index is 0.0398. The topological polar surface area (TPSA) is 49.7 Å². The lowest BCUT2D eigenvalue weighted by Gasteiger charge is -2.01. The molecule has 1 aromatic rings. The van der Waals surface area contributed by atoms with Crippen LogP contribution in [0, 0.1) is 0 Å². The van der Waals surface area contributed by atoms with Crippen molar-refractivity contribution in [3.05, 3.63) is 29.8 Å². The smallest absolute Gasteiger partial charge is 0.115 e. The van der Waals surface area contributed by atoms with Gasteiger partial charge in [0.25, 0.3) is 0 Å². The molecule has 12 heavy (non-hydrogen) atoms. The first kappa shape index (κ1) is 9.03. The van der Waals surface area contributed by atoms with Crippen molar-refractivity contribution >= 4 is 0 Å². The predicted molar refractivity (Wildman–Crippen MR) is 44.8 cm³/mol. The molecule has 0 saturated carbocycles. The zero-order valence-electron chi connectivity index (χ0n) is 6.73. The molecule has 0 saturated heterocycles. The number of ether oxygens (including phenoxy) is 1. The van der Waals surface area contributed by atoms with E-state index in [4.69, 9.17) is 14.9 Å². The van der Waals surface area contributed by atoms with Crippen LogP contribution >= 0.6 is 0 Å². The van der Waals surface area contributed by atoms with Crippen LogP contribution in [0.25, 0.3) is 0 Å². The zero-order valence-corrected chi connectivity index (χ0v) is 6.73. The van der Waals surface area contributed by atoms with Crippen molar-refractivity contribution in [3.63, 3.8) is 0 Å². The van der Waals surface area contributed by atoms with Crippen molar-refractivity contribution in [3.8, 4) is 5.75 Å². The van der Waals surface area contributed by atoms with Gasteiger partial charge in [-0.1, -0.05) is 12.1 Å². The molecule has 0 atom stereocenters. The second-order valence-corrected chi connectivity index (χ2v) is 2.44. The Balaban J connectivity index is 2.37. The molecule has 3 nitrogen and oxygen atoms in total. The standard InChI is InChI=1S/C9H12O3/c10-5-6-12-7-8-1-3-9(11)4-2-8/h1-4,10-11H,5-7H2. The monoisotopic (exact) mass is 168 g/mol. The second kappa shape index (κ2) is 4.74. The molecule has 1 rings (SSSR count). The van der Waals surface area contributed by atoms with E-state index < -0.39 is 0 Å². The minimum atomic E-state index is 0.0398. The van der Waals surface area contributed by atoms with Gasteiger partial charge in [-0.15, -0.1) is 0 Å². The van der Waals surface area contributed by atoms with E-state index in [0.717, 1.165) is 5.56 Å². The normalized spacial score (nSPS) is 10.1. The molecular formula is C9H12O3. The van der Waals surface area contributed by atoms with Crippen molar-refractivity contribution in [2.24, 2.45) is 0 Å². The summed E-state index contributed by atoms with van der Waals surface area (Å²) in [7, 11) is 0. The van der Waals surface area contributed by atoms with Crippen LogP contribution in [0.3, 0.4) is 0 Å². The Morgan fingerprint density at radius 1 is 1.17 bits per heavy atom. The number of phenols is 1. The summed E-state index contributed by atoms with van der Waals surface area (Å²) >= 11 is 0. The van der Waals surface area contributed by atoms with Crippen LogP contribution in [0.1, 0.15) is 5.56 Å². The summed E-state index contributed by atoms with van der Waals surface area (Å²) in [5.74, 6) is 0.251. The molecule has 0 heterocycles. The average molecular weight is 168 g/mol. The first-order chi connectivity index (χ1) is 5.83. The lowest BCUT2D eigenvalue weighted by molar-refractivity contribution is 0.0815. The van der Waals surface area contributed by atoms with Crippen LogP contribution in [0.15, 0.2) is 24.3 Å². The third-order valence-electron chi connectivity index (χ3n) is 1.44. The van der Waals surface area contributed by atoms with Crippen LogP contribution < -0.4 is 0 Å². The number of hydrogen-bond donors (Lipinski definition) is 2. The molecule has 0 fully saturated rings. The molecule has 66 valence electrons. The average Bonchev–Trinajstić information content (AvgIpc) is 2.09. The molecule has 2 N–H and O–H groups in total. The van der Waals surface area contributed by atoms with Crippen LogP contribution in [0.4, 0.5) is 0 Å². The quantitative estimate of drug-likeness (QED) is 0.657. The molecule has 0 unspecified atom stereocenters. The maximum Gasteiger partial charge on any atom is 0.115 e. The highest BCUT2D eigenvalue weighted by atomic mass is 16.5. The Labute approximate surface area is 71.2 Å². The summed E-state index contributed by atoms with van der Waals surface area (Å²) in [5, 5.41) is 17.4. The summed E-state index contributed by atoms with van der Waals surface area (Å²) < 4.78 is 5.08. The first-order valence-electron chi connectivity index (χ1n) is 3.79. The van der Waals surface area contributed by atoms with E-state index in [9.17, 15) is 0 Å². The highest BCUT2D eigenvalue weighted by molar-refractivity contribution is 5.25. The van der Waals surface area contributed by atoms with Gasteiger partial charge in [-0.3, -0.25) is 0 Å². The maximum atomic E-state index is 8.95. The Morgan fingerprint density at radius 3 is 2.42 bits per heavy atom. The fourth-order valence-corrected chi connectivity index (χ4v) is 0.847. The van der Waals surface area contributed by atoms with E-state index >= 15 is 0 Å². The summed E-state index contributed by atoms with van der Waals surface area (Å²) in [6.07, 6.45) is 0. The van der Waals surface area contributed by atoms with Crippen molar-refractivity contribution in [1.82, 2.24) is 0 Å². The Bertz CT molecular complexity index is 218. The molecule has 0 amide bonds. The van der Waals surface area contributed by atoms with E-state index in [0.29, 0.717) is 13.2 Å². The SMILES string of the molecule is OCCOCc1ccc(O)cc1. The maximum absolute atomic E-state index is 8.95. The zero-order chi connectivity index (χ0) is 8.81. The van der Waals surface area contributed by atoms with E-state index in [1.807, 2.05) is 0 Å². The molecule has 0 aliphatic rings. The Kier molecular flexibility index (Phi) is 3.57. The lowest BCUT2D eigenvalue weighted by atomic mass is 10.2. The van der Waals surface area contributed by atoms with Gasteiger partial charge in [-0.2, -0.15) is 0 Å². The summed E-state index contributed by atoms with van der Waals surface area (Å²) in [6.45, 7) is 0.861. The molecule has 0 radical (unpaired) electrons. The fraction of sp³-hybridized carbons (Fsp3) is 0.333. The number of benzene rings is 1. The lowest BCUT2D eigenvalue weighted by Crippen LogP contribution is -1.98. The van der Waals surface area contributed by atoms with Crippen molar-refractivity contribution in [2.75, 3.05) is 13.2 Å². The number of rotatable bonds is 4. The van der Waals surface area contributed by atoms with Gasteiger partial charge < -0.3 is 14.9 Å². The Hall–Kier alpha value is -1.06. The molecule has 0 aromatic heterocycles. The molecule has 0 aliphatic heterocycles. The summed E-state index contributed by atoms with van der Waals surface area (Å²) in [4.78, 5) is 0. The number of phenolic OH excluding ortho intramolecular Hbond substituents is 1. The third-order valence-corrected chi connectivity index (χ3v) is 1.44. The van der Waals surface area contributed by atoms with E-state index in [-0.39, 0.29) is 12.4 Å². The van der Waals surface area contributed by atoms with Crippen molar-refractivity contribution in [1.29, 1.82) is 0 Å². The molecular weight excluding hydrogens is 156 g/mol.